The molecule has 1 aromatic rings. The zero-order valence-electron chi connectivity index (χ0n) is 17.3. The van der Waals surface area contributed by atoms with Gasteiger partial charge in [0.05, 0.1) is 0 Å². The van der Waals surface area contributed by atoms with Crippen LogP contribution >= 0.6 is 0 Å². The molecule has 5 nitrogen and oxygen atoms in total. The number of hydrogen-bond acceptors (Lipinski definition) is 3. The number of rotatable bonds is 7. The molecule has 0 aliphatic rings. The standard InChI is InChI=1S/C21H34N2O3/c1-16(2)14-17-8-10-18(11-9-17)15-26-20(25)23(7)13-12-22(6)19(24)21(3,4)5/h8-11,16H,12-15H2,1-7H3. The van der Waals surface area contributed by atoms with E-state index in [1.54, 1.807) is 19.0 Å². The third-order valence-electron chi connectivity index (χ3n) is 4.10. The molecule has 0 saturated heterocycles. The first-order chi connectivity index (χ1) is 12.0. The number of hydrogen-bond donors (Lipinski definition) is 0. The summed E-state index contributed by atoms with van der Waals surface area (Å²) in [5.74, 6) is 0.677. The molecule has 0 aliphatic carbocycles. The van der Waals surface area contributed by atoms with E-state index in [-0.39, 0.29) is 18.6 Å². The van der Waals surface area contributed by atoms with Gasteiger partial charge in [-0.3, -0.25) is 4.79 Å². The Morgan fingerprint density at radius 2 is 1.46 bits per heavy atom. The summed E-state index contributed by atoms with van der Waals surface area (Å²) >= 11 is 0. The second-order valence-corrected chi connectivity index (χ2v) is 8.37. The van der Waals surface area contributed by atoms with E-state index in [0.717, 1.165) is 12.0 Å². The minimum atomic E-state index is -0.421. The molecule has 1 aromatic carbocycles. The summed E-state index contributed by atoms with van der Waals surface area (Å²) in [6.07, 6.45) is 0.664. The lowest BCUT2D eigenvalue weighted by Gasteiger charge is -2.27. The molecule has 146 valence electrons. The summed E-state index contributed by atoms with van der Waals surface area (Å²) < 4.78 is 5.35. The van der Waals surface area contributed by atoms with Crippen molar-refractivity contribution in [2.45, 2.75) is 47.6 Å². The molecule has 0 fully saturated rings. The largest absolute Gasteiger partial charge is 0.445 e. The van der Waals surface area contributed by atoms with Crippen LogP contribution in [0.4, 0.5) is 4.79 Å². The van der Waals surface area contributed by atoms with Crippen molar-refractivity contribution >= 4 is 12.0 Å². The van der Waals surface area contributed by atoms with Crippen molar-refractivity contribution < 1.29 is 14.3 Å². The zero-order chi connectivity index (χ0) is 19.9. The number of amides is 2. The van der Waals surface area contributed by atoms with Gasteiger partial charge in [0.1, 0.15) is 6.61 Å². The van der Waals surface area contributed by atoms with Gasteiger partial charge >= 0.3 is 6.09 Å². The van der Waals surface area contributed by atoms with Crippen LogP contribution in [0.2, 0.25) is 0 Å². The average Bonchev–Trinajstić information content (AvgIpc) is 2.56. The van der Waals surface area contributed by atoms with E-state index in [2.05, 4.69) is 26.0 Å². The number of benzene rings is 1. The smallest absolute Gasteiger partial charge is 0.409 e. The first kappa shape index (κ1) is 22.0. The Morgan fingerprint density at radius 1 is 0.962 bits per heavy atom. The summed E-state index contributed by atoms with van der Waals surface area (Å²) in [7, 11) is 3.44. The van der Waals surface area contributed by atoms with E-state index in [1.807, 2.05) is 32.9 Å². The highest BCUT2D eigenvalue weighted by Gasteiger charge is 2.25. The van der Waals surface area contributed by atoms with Crippen molar-refractivity contribution in [3.05, 3.63) is 35.4 Å². The molecule has 0 spiro atoms. The van der Waals surface area contributed by atoms with Crippen LogP contribution in [0.15, 0.2) is 24.3 Å². The van der Waals surface area contributed by atoms with E-state index in [1.165, 1.54) is 10.5 Å². The number of ether oxygens (including phenoxy) is 1. The van der Waals surface area contributed by atoms with E-state index >= 15 is 0 Å². The Labute approximate surface area is 158 Å². The molecule has 0 saturated carbocycles. The number of carbonyl (C=O) groups is 2. The molecule has 0 radical (unpaired) electrons. The fourth-order valence-electron chi connectivity index (χ4n) is 2.56. The molecule has 0 N–H and O–H groups in total. The van der Waals surface area contributed by atoms with Gasteiger partial charge in [-0.1, -0.05) is 58.9 Å². The van der Waals surface area contributed by atoms with Gasteiger partial charge in [-0.05, 0) is 23.5 Å². The minimum Gasteiger partial charge on any atom is -0.445 e. The van der Waals surface area contributed by atoms with Crippen molar-refractivity contribution in [3.8, 4) is 0 Å². The van der Waals surface area contributed by atoms with Crippen LogP contribution in [0.3, 0.4) is 0 Å². The molecule has 0 unspecified atom stereocenters. The van der Waals surface area contributed by atoms with Gasteiger partial charge in [0.2, 0.25) is 5.91 Å². The maximum Gasteiger partial charge on any atom is 0.409 e. The monoisotopic (exact) mass is 362 g/mol. The average molecular weight is 363 g/mol. The van der Waals surface area contributed by atoms with Crippen molar-refractivity contribution in [2.24, 2.45) is 11.3 Å². The van der Waals surface area contributed by atoms with Crippen LogP contribution < -0.4 is 0 Å². The third kappa shape index (κ3) is 7.46. The van der Waals surface area contributed by atoms with Gasteiger partial charge < -0.3 is 14.5 Å². The highest BCUT2D eigenvalue weighted by molar-refractivity contribution is 5.81. The maximum absolute atomic E-state index is 12.1. The number of carbonyl (C=O) groups excluding carboxylic acids is 2. The Hall–Kier alpha value is -2.04. The van der Waals surface area contributed by atoms with Crippen LogP contribution in [0.1, 0.15) is 45.7 Å². The van der Waals surface area contributed by atoms with Gasteiger partial charge in [0, 0.05) is 32.6 Å². The predicted octanol–water partition coefficient (Wildman–Crippen LogP) is 3.96. The van der Waals surface area contributed by atoms with Gasteiger partial charge in [-0.15, -0.1) is 0 Å². The van der Waals surface area contributed by atoms with Gasteiger partial charge in [0.15, 0.2) is 0 Å². The van der Waals surface area contributed by atoms with Crippen molar-refractivity contribution in [1.29, 1.82) is 0 Å². The molecule has 0 aromatic heterocycles. The molecule has 0 atom stereocenters. The summed E-state index contributed by atoms with van der Waals surface area (Å²) in [6, 6.07) is 8.17. The Bertz CT molecular complexity index is 588. The van der Waals surface area contributed by atoms with Crippen LogP contribution in [0.25, 0.3) is 0 Å². The lowest BCUT2D eigenvalue weighted by molar-refractivity contribution is -0.138. The molecule has 0 heterocycles. The van der Waals surface area contributed by atoms with Crippen LogP contribution in [0.5, 0.6) is 0 Å². The Kier molecular flexibility index (Phi) is 8.12. The highest BCUT2D eigenvalue weighted by atomic mass is 16.6. The van der Waals surface area contributed by atoms with E-state index in [4.69, 9.17) is 4.74 Å². The molecule has 1 rings (SSSR count). The lowest BCUT2D eigenvalue weighted by atomic mass is 9.95. The topological polar surface area (TPSA) is 49.9 Å². The minimum absolute atomic E-state index is 0.0563. The SMILES string of the molecule is CC(C)Cc1ccc(COC(=O)N(C)CCN(C)C(=O)C(C)(C)C)cc1. The van der Waals surface area contributed by atoms with Crippen molar-refractivity contribution in [1.82, 2.24) is 9.80 Å². The third-order valence-corrected chi connectivity index (χ3v) is 4.10. The van der Waals surface area contributed by atoms with Gasteiger partial charge in [-0.25, -0.2) is 4.79 Å². The first-order valence-corrected chi connectivity index (χ1v) is 9.22. The van der Waals surface area contributed by atoms with Gasteiger partial charge in [-0.2, -0.15) is 0 Å². The summed E-state index contributed by atoms with van der Waals surface area (Å²) in [4.78, 5) is 27.4. The van der Waals surface area contributed by atoms with E-state index in [9.17, 15) is 9.59 Å². The Morgan fingerprint density at radius 3 is 1.96 bits per heavy atom. The fraction of sp³-hybridized carbons (Fsp3) is 0.619. The van der Waals surface area contributed by atoms with Crippen LogP contribution in [-0.4, -0.2) is 49.0 Å². The summed E-state index contributed by atoms with van der Waals surface area (Å²) in [6.45, 7) is 11.2. The maximum atomic E-state index is 12.1. The molecule has 26 heavy (non-hydrogen) atoms. The Balaban J connectivity index is 2.41. The molecule has 0 aliphatic heterocycles. The highest BCUT2D eigenvalue weighted by Crippen LogP contribution is 2.16. The normalized spacial score (nSPS) is 11.4. The fourth-order valence-corrected chi connectivity index (χ4v) is 2.56. The van der Waals surface area contributed by atoms with E-state index in [0.29, 0.717) is 19.0 Å². The zero-order valence-corrected chi connectivity index (χ0v) is 17.3. The molecular weight excluding hydrogens is 328 g/mol. The second-order valence-electron chi connectivity index (χ2n) is 8.37. The second kappa shape index (κ2) is 9.60. The van der Waals surface area contributed by atoms with Crippen LogP contribution in [0, 0.1) is 11.3 Å². The molecule has 2 amide bonds. The number of likely N-dealkylation sites (N-methyl/N-ethyl adjacent to an activating group) is 2. The van der Waals surface area contributed by atoms with Crippen molar-refractivity contribution in [2.75, 3.05) is 27.2 Å². The van der Waals surface area contributed by atoms with Crippen LogP contribution in [-0.2, 0) is 22.6 Å². The first-order valence-electron chi connectivity index (χ1n) is 9.22. The summed E-state index contributed by atoms with van der Waals surface area (Å²) in [5, 5.41) is 0. The lowest BCUT2D eigenvalue weighted by Crippen LogP contribution is -2.41. The molecule has 5 heteroatoms. The van der Waals surface area contributed by atoms with Crippen molar-refractivity contribution in [3.63, 3.8) is 0 Å². The predicted molar refractivity (Wildman–Crippen MR) is 105 cm³/mol. The van der Waals surface area contributed by atoms with Gasteiger partial charge in [0.25, 0.3) is 0 Å². The molecular formula is C21H34N2O3. The van der Waals surface area contributed by atoms with E-state index < -0.39 is 5.41 Å². The quantitative estimate of drug-likeness (QED) is 0.738. The number of nitrogens with zero attached hydrogens (tertiary/aromatic N) is 2. The summed E-state index contributed by atoms with van der Waals surface area (Å²) in [5.41, 5.74) is 1.84. The molecule has 0 bridgehead atoms.